The van der Waals surface area contributed by atoms with E-state index in [1.54, 1.807) is 6.07 Å². The minimum absolute atomic E-state index is 0. The lowest BCUT2D eigenvalue weighted by atomic mass is 10.0. The SMILES string of the molecule is CC1CCCN(C(N)=NCc2cccc(C(F)(F)F)c2)C1.I. The molecule has 0 radical (unpaired) electrons. The maximum atomic E-state index is 12.6. The Kier molecular flexibility index (Phi) is 6.96. The maximum absolute atomic E-state index is 12.6. The predicted octanol–water partition coefficient (Wildman–Crippen LogP) is 3.87. The van der Waals surface area contributed by atoms with Gasteiger partial charge in [-0.25, -0.2) is 4.99 Å². The molecule has 2 N–H and O–H groups in total. The van der Waals surface area contributed by atoms with E-state index >= 15 is 0 Å². The first-order valence-corrected chi connectivity index (χ1v) is 7.07. The lowest BCUT2D eigenvalue weighted by Crippen LogP contribution is -2.43. The first-order valence-electron chi connectivity index (χ1n) is 7.07. The molecule has 2 rings (SSSR count). The molecule has 1 heterocycles. The molecule has 0 aliphatic carbocycles. The third-order valence-corrected chi connectivity index (χ3v) is 3.66. The highest BCUT2D eigenvalue weighted by Gasteiger charge is 2.30. The molecule has 1 fully saturated rings. The predicted molar refractivity (Wildman–Crippen MR) is 92.2 cm³/mol. The Hall–Kier alpha value is -0.990. The van der Waals surface area contributed by atoms with Crippen LogP contribution in [0.4, 0.5) is 13.2 Å². The van der Waals surface area contributed by atoms with Crippen LogP contribution in [0.25, 0.3) is 0 Å². The van der Waals surface area contributed by atoms with E-state index in [4.69, 9.17) is 5.73 Å². The van der Waals surface area contributed by atoms with E-state index in [1.807, 2.05) is 4.90 Å². The van der Waals surface area contributed by atoms with E-state index in [2.05, 4.69) is 11.9 Å². The van der Waals surface area contributed by atoms with Gasteiger partial charge in [-0.2, -0.15) is 13.2 Å². The fraction of sp³-hybridized carbons (Fsp3) is 0.533. The normalized spacial score (nSPS) is 19.7. The van der Waals surface area contributed by atoms with Crippen LogP contribution >= 0.6 is 24.0 Å². The fourth-order valence-electron chi connectivity index (χ4n) is 2.52. The standard InChI is InChI=1S/C15H20F3N3.HI/c1-11-4-3-7-21(10-11)14(19)20-9-12-5-2-6-13(8-12)15(16,17)18;/h2,5-6,8,11H,3-4,7,9-10H2,1H3,(H2,19,20);1H. The van der Waals surface area contributed by atoms with Crippen LogP contribution in [-0.4, -0.2) is 23.9 Å². The quantitative estimate of drug-likeness (QED) is 0.443. The zero-order valence-corrected chi connectivity index (χ0v) is 14.8. The zero-order valence-electron chi connectivity index (χ0n) is 12.4. The third-order valence-electron chi connectivity index (χ3n) is 3.66. The molecule has 1 unspecified atom stereocenters. The molecular formula is C15H21F3IN3. The molecule has 0 aromatic heterocycles. The molecule has 22 heavy (non-hydrogen) atoms. The molecule has 0 bridgehead atoms. The maximum Gasteiger partial charge on any atom is 0.416 e. The molecule has 1 saturated heterocycles. The van der Waals surface area contributed by atoms with Crippen molar-refractivity contribution < 1.29 is 13.2 Å². The van der Waals surface area contributed by atoms with Gasteiger partial charge in [-0.05, 0) is 36.5 Å². The van der Waals surface area contributed by atoms with Crippen molar-refractivity contribution in [2.24, 2.45) is 16.6 Å². The number of halogens is 4. The van der Waals surface area contributed by atoms with Crippen LogP contribution in [0.1, 0.15) is 30.9 Å². The van der Waals surface area contributed by atoms with Gasteiger partial charge < -0.3 is 10.6 Å². The van der Waals surface area contributed by atoms with Gasteiger partial charge in [-0.15, -0.1) is 24.0 Å². The summed E-state index contributed by atoms with van der Waals surface area (Å²) in [6.45, 7) is 4.05. The Labute approximate surface area is 145 Å². The minimum atomic E-state index is -4.33. The highest BCUT2D eigenvalue weighted by Crippen LogP contribution is 2.29. The summed E-state index contributed by atoms with van der Waals surface area (Å²) in [6.07, 6.45) is -2.08. The van der Waals surface area contributed by atoms with E-state index in [0.29, 0.717) is 17.4 Å². The summed E-state index contributed by atoms with van der Waals surface area (Å²) in [5, 5.41) is 0. The summed E-state index contributed by atoms with van der Waals surface area (Å²) in [5.74, 6) is 0.986. The molecule has 3 nitrogen and oxygen atoms in total. The first kappa shape index (κ1) is 19.1. The average Bonchev–Trinajstić information content (AvgIpc) is 2.44. The Bertz CT molecular complexity index is 517. The van der Waals surface area contributed by atoms with E-state index in [1.165, 1.54) is 12.5 Å². The van der Waals surface area contributed by atoms with Crippen molar-refractivity contribution in [3.63, 3.8) is 0 Å². The average molecular weight is 427 g/mol. The molecule has 1 aliphatic rings. The lowest BCUT2D eigenvalue weighted by molar-refractivity contribution is -0.137. The number of rotatable bonds is 2. The Morgan fingerprint density at radius 1 is 1.41 bits per heavy atom. The molecule has 1 aromatic rings. The first-order chi connectivity index (χ1) is 9.86. The van der Waals surface area contributed by atoms with Crippen molar-refractivity contribution in [1.29, 1.82) is 0 Å². The molecule has 7 heteroatoms. The third kappa shape index (κ3) is 5.33. The number of aliphatic imine (C=N–C) groups is 1. The topological polar surface area (TPSA) is 41.6 Å². The summed E-state index contributed by atoms with van der Waals surface area (Å²) in [6, 6.07) is 5.20. The van der Waals surface area contributed by atoms with Gasteiger partial charge in [0.15, 0.2) is 5.96 Å². The lowest BCUT2D eigenvalue weighted by Gasteiger charge is -2.31. The van der Waals surface area contributed by atoms with Crippen molar-refractivity contribution in [3.8, 4) is 0 Å². The summed E-state index contributed by atoms with van der Waals surface area (Å²) in [7, 11) is 0. The highest BCUT2D eigenvalue weighted by atomic mass is 127. The summed E-state index contributed by atoms with van der Waals surface area (Å²) in [4.78, 5) is 6.23. The van der Waals surface area contributed by atoms with Crippen LogP contribution < -0.4 is 5.73 Å². The summed E-state index contributed by atoms with van der Waals surface area (Å²) >= 11 is 0. The number of alkyl halides is 3. The van der Waals surface area contributed by atoms with Crippen LogP contribution in [0.3, 0.4) is 0 Å². The second kappa shape index (κ2) is 8.03. The number of guanidine groups is 1. The van der Waals surface area contributed by atoms with Crippen LogP contribution in [0, 0.1) is 5.92 Å². The van der Waals surface area contributed by atoms with Gasteiger partial charge in [0.05, 0.1) is 12.1 Å². The molecule has 0 saturated carbocycles. The fourth-order valence-corrected chi connectivity index (χ4v) is 2.52. The van der Waals surface area contributed by atoms with E-state index in [0.717, 1.165) is 31.6 Å². The monoisotopic (exact) mass is 427 g/mol. The Morgan fingerprint density at radius 3 is 2.77 bits per heavy atom. The number of nitrogens with two attached hydrogens (primary N) is 1. The minimum Gasteiger partial charge on any atom is -0.370 e. The Balaban J connectivity index is 0.00000242. The van der Waals surface area contributed by atoms with E-state index in [-0.39, 0.29) is 30.5 Å². The van der Waals surface area contributed by atoms with Crippen molar-refractivity contribution in [1.82, 2.24) is 4.90 Å². The Morgan fingerprint density at radius 2 is 2.14 bits per heavy atom. The molecular weight excluding hydrogens is 406 g/mol. The van der Waals surface area contributed by atoms with Gasteiger partial charge in [0.25, 0.3) is 0 Å². The molecule has 1 aliphatic heterocycles. The van der Waals surface area contributed by atoms with Gasteiger partial charge in [-0.3, -0.25) is 0 Å². The van der Waals surface area contributed by atoms with Gasteiger partial charge in [-0.1, -0.05) is 19.1 Å². The zero-order chi connectivity index (χ0) is 15.5. The van der Waals surface area contributed by atoms with Crippen molar-refractivity contribution >= 4 is 29.9 Å². The summed E-state index contributed by atoms with van der Waals surface area (Å²) in [5.41, 5.74) is 5.80. The van der Waals surface area contributed by atoms with Gasteiger partial charge in [0.1, 0.15) is 0 Å². The summed E-state index contributed by atoms with van der Waals surface area (Å²) < 4.78 is 37.9. The van der Waals surface area contributed by atoms with E-state index < -0.39 is 11.7 Å². The van der Waals surface area contributed by atoms with Crippen LogP contribution in [0.15, 0.2) is 29.3 Å². The van der Waals surface area contributed by atoms with Crippen molar-refractivity contribution in [2.75, 3.05) is 13.1 Å². The molecule has 1 atom stereocenters. The number of nitrogens with zero attached hydrogens (tertiary/aromatic N) is 2. The second-order valence-corrected chi connectivity index (χ2v) is 5.57. The molecule has 124 valence electrons. The van der Waals surface area contributed by atoms with Gasteiger partial charge in [0.2, 0.25) is 0 Å². The highest BCUT2D eigenvalue weighted by molar-refractivity contribution is 14.0. The van der Waals surface area contributed by atoms with Crippen LogP contribution in [0.5, 0.6) is 0 Å². The van der Waals surface area contributed by atoms with Crippen LogP contribution in [0.2, 0.25) is 0 Å². The second-order valence-electron chi connectivity index (χ2n) is 5.57. The largest absolute Gasteiger partial charge is 0.416 e. The molecule has 1 aromatic carbocycles. The number of hydrogen-bond donors (Lipinski definition) is 1. The number of likely N-dealkylation sites (tertiary alicyclic amines) is 1. The van der Waals surface area contributed by atoms with Gasteiger partial charge in [0, 0.05) is 13.1 Å². The number of piperidine rings is 1. The number of hydrogen-bond acceptors (Lipinski definition) is 1. The van der Waals surface area contributed by atoms with E-state index in [9.17, 15) is 13.2 Å². The van der Waals surface area contributed by atoms with Crippen molar-refractivity contribution in [2.45, 2.75) is 32.5 Å². The molecule has 0 amide bonds. The van der Waals surface area contributed by atoms with Gasteiger partial charge >= 0.3 is 6.18 Å². The van der Waals surface area contributed by atoms with Crippen molar-refractivity contribution in [3.05, 3.63) is 35.4 Å². The smallest absolute Gasteiger partial charge is 0.370 e. The number of benzene rings is 1. The molecule has 0 spiro atoms. The van der Waals surface area contributed by atoms with Crippen LogP contribution in [-0.2, 0) is 12.7 Å².